The minimum atomic E-state index is -0.0925. The molecule has 0 atom stereocenters. The normalized spacial score (nSPS) is 16.0. The summed E-state index contributed by atoms with van der Waals surface area (Å²) in [6, 6.07) is 19.4. The van der Waals surface area contributed by atoms with Gasteiger partial charge in [-0.3, -0.25) is 9.69 Å². The maximum Gasteiger partial charge on any atom is 0.321 e. The van der Waals surface area contributed by atoms with Crippen LogP contribution in [-0.4, -0.2) is 54.5 Å². The first-order valence-electron chi connectivity index (χ1n) is 11.4. The van der Waals surface area contributed by atoms with Gasteiger partial charge < -0.3 is 19.5 Å². The van der Waals surface area contributed by atoms with E-state index in [4.69, 9.17) is 4.42 Å². The highest BCUT2D eigenvalue weighted by molar-refractivity contribution is 5.96. The van der Waals surface area contributed by atoms with E-state index in [9.17, 15) is 9.59 Å². The number of hydrogen-bond donors (Lipinski definition) is 1. The second kappa shape index (κ2) is 9.50. The Morgan fingerprint density at radius 1 is 0.879 bits per heavy atom. The van der Waals surface area contributed by atoms with Crippen LogP contribution in [0.1, 0.15) is 16.9 Å². The summed E-state index contributed by atoms with van der Waals surface area (Å²) in [5.74, 6) is 1.05. The van der Waals surface area contributed by atoms with Crippen molar-refractivity contribution in [3.63, 3.8) is 0 Å². The summed E-state index contributed by atoms with van der Waals surface area (Å²) in [4.78, 5) is 31.5. The van der Waals surface area contributed by atoms with Crippen molar-refractivity contribution in [3.05, 3.63) is 83.8 Å². The lowest BCUT2D eigenvalue weighted by atomic mass is 10.1. The number of fused-ring (bicyclic) bond motifs is 1. The van der Waals surface area contributed by atoms with Gasteiger partial charge in [0.15, 0.2) is 0 Å². The van der Waals surface area contributed by atoms with Gasteiger partial charge in [0.1, 0.15) is 5.76 Å². The second-order valence-corrected chi connectivity index (χ2v) is 8.57. The Morgan fingerprint density at radius 2 is 1.67 bits per heavy atom. The first kappa shape index (κ1) is 21.3. The Balaban J connectivity index is 1.11. The average molecular weight is 445 g/mol. The van der Waals surface area contributed by atoms with Gasteiger partial charge in [0.05, 0.1) is 19.2 Å². The predicted molar refractivity (Wildman–Crippen MR) is 127 cm³/mol. The molecular formula is C26H28N4O3. The quantitative estimate of drug-likeness (QED) is 0.651. The molecule has 0 saturated carbocycles. The fraction of sp³-hybridized carbons (Fsp3) is 0.308. The van der Waals surface area contributed by atoms with Gasteiger partial charge in [-0.25, -0.2) is 4.79 Å². The van der Waals surface area contributed by atoms with Gasteiger partial charge in [0, 0.05) is 44.1 Å². The third-order valence-corrected chi connectivity index (χ3v) is 6.37. The summed E-state index contributed by atoms with van der Waals surface area (Å²) in [5.41, 5.74) is 3.93. The zero-order valence-corrected chi connectivity index (χ0v) is 18.6. The smallest absolute Gasteiger partial charge is 0.321 e. The molecule has 1 saturated heterocycles. The summed E-state index contributed by atoms with van der Waals surface area (Å²) in [5, 5.41) is 2.98. The Labute approximate surface area is 193 Å². The van der Waals surface area contributed by atoms with E-state index in [1.54, 1.807) is 6.26 Å². The number of anilines is 2. The zero-order chi connectivity index (χ0) is 22.6. The lowest BCUT2D eigenvalue weighted by Crippen LogP contribution is -2.49. The molecule has 5 rings (SSSR count). The van der Waals surface area contributed by atoms with Gasteiger partial charge in [-0.1, -0.05) is 30.3 Å². The van der Waals surface area contributed by atoms with Crippen molar-refractivity contribution in [1.29, 1.82) is 0 Å². The van der Waals surface area contributed by atoms with E-state index in [2.05, 4.69) is 16.3 Å². The third-order valence-electron chi connectivity index (χ3n) is 6.37. The molecule has 2 aliphatic rings. The standard InChI is InChI=1S/C26H28N4O3/c31-25(30-12-11-21-4-1-2-6-24(21)30)18-20-7-9-22(10-8-20)27-26(32)29-15-13-28(14-16-29)19-23-5-3-17-33-23/h1-10,17H,11-16,18-19H2,(H,27,32). The molecule has 3 heterocycles. The van der Waals surface area contributed by atoms with Crippen LogP contribution in [0.2, 0.25) is 0 Å². The summed E-state index contributed by atoms with van der Waals surface area (Å²) in [7, 11) is 0. The highest BCUT2D eigenvalue weighted by Crippen LogP contribution is 2.28. The van der Waals surface area contributed by atoms with Crippen LogP contribution in [0.25, 0.3) is 0 Å². The molecule has 7 heteroatoms. The number of carbonyl (C=O) groups excluding carboxylic acids is 2. The molecule has 170 valence electrons. The van der Waals surface area contributed by atoms with E-state index in [0.717, 1.165) is 55.3 Å². The maximum atomic E-state index is 12.8. The lowest BCUT2D eigenvalue weighted by molar-refractivity contribution is -0.117. The number of rotatable bonds is 5. The van der Waals surface area contributed by atoms with E-state index in [0.29, 0.717) is 19.5 Å². The van der Waals surface area contributed by atoms with Crippen molar-refractivity contribution >= 4 is 23.3 Å². The van der Waals surface area contributed by atoms with Gasteiger partial charge in [0.2, 0.25) is 5.91 Å². The van der Waals surface area contributed by atoms with Crippen molar-refractivity contribution in [2.75, 3.05) is 42.9 Å². The number of nitrogens with one attached hydrogen (secondary N) is 1. The number of furan rings is 1. The van der Waals surface area contributed by atoms with Gasteiger partial charge in [-0.2, -0.15) is 0 Å². The molecule has 1 fully saturated rings. The van der Waals surface area contributed by atoms with Gasteiger partial charge >= 0.3 is 6.03 Å². The Bertz CT molecular complexity index is 1100. The molecule has 0 spiro atoms. The number of urea groups is 1. The monoisotopic (exact) mass is 444 g/mol. The van der Waals surface area contributed by atoms with Crippen LogP contribution in [0, 0.1) is 0 Å². The van der Waals surface area contributed by atoms with Crippen LogP contribution in [0.3, 0.4) is 0 Å². The third kappa shape index (κ3) is 4.93. The molecule has 7 nitrogen and oxygen atoms in total. The number of para-hydroxylation sites is 1. The van der Waals surface area contributed by atoms with Crippen molar-refractivity contribution in [2.45, 2.75) is 19.4 Å². The molecule has 1 aromatic heterocycles. The van der Waals surface area contributed by atoms with Crippen LogP contribution in [-0.2, 0) is 24.2 Å². The predicted octanol–water partition coefficient (Wildman–Crippen LogP) is 3.76. The van der Waals surface area contributed by atoms with E-state index < -0.39 is 0 Å². The minimum Gasteiger partial charge on any atom is -0.468 e. The highest BCUT2D eigenvalue weighted by Gasteiger charge is 2.24. The largest absolute Gasteiger partial charge is 0.468 e. The van der Waals surface area contributed by atoms with Gasteiger partial charge in [-0.05, 0) is 47.9 Å². The van der Waals surface area contributed by atoms with E-state index in [1.807, 2.05) is 64.4 Å². The first-order valence-corrected chi connectivity index (χ1v) is 11.4. The molecule has 2 aliphatic heterocycles. The van der Waals surface area contributed by atoms with E-state index >= 15 is 0 Å². The van der Waals surface area contributed by atoms with Gasteiger partial charge in [0.25, 0.3) is 0 Å². The second-order valence-electron chi connectivity index (χ2n) is 8.57. The number of carbonyl (C=O) groups is 2. The maximum absolute atomic E-state index is 12.8. The molecule has 3 aromatic rings. The fourth-order valence-corrected chi connectivity index (χ4v) is 4.51. The Hall–Kier alpha value is -3.58. The van der Waals surface area contributed by atoms with E-state index in [-0.39, 0.29) is 11.9 Å². The number of amides is 3. The van der Waals surface area contributed by atoms with Crippen molar-refractivity contribution in [2.24, 2.45) is 0 Å². The van der Waals surface area contributed by atoms with Crippen molar-refractivity contribution < 1.29 is 14.0 Å². The number of hydrogen-bond acceptors (Lipinski definition) is 4. The SMILES string of the molecule is O=C(Nc1ccc(CC(=O)N2CCc3ccccc32)cc1)N1CCN(Cc2ccco2)CC1. The molecule has 2 aromatic carbocycles. The number of piperazine rings is 1. The lowest BCUT2D eigenvalue weighted by Gasteiger charge is -2.34. The van der Waals surface area contributed by atoms with Crippen molar-refractivity contribution in [1.82, 2.24) is 9.80 Å². The van der Waals surface area contributed by atoms with Crippen LogP contribution in [0.15, 0.2) is 71.3 Å². The highest BCUT2D eigenvalue weighted by atomic mass is 16.3. The summed E-state index contributed by atoms with van der Waals surface area (Å²) >= 11 is 0. The number of nitrogens with zero attached hydrogens (tertiary/aromatic N) is 3. The zero-order valence-electron chi connectivity index (χ0n) is 18.6. The Morgan fingerprint density at radius 3 is 2.42 bits per heavy atom. The average Bonchev–Trinajstić information content (AvgIpc) is 3.51. The summed E-state index contributed by atoms with van der Waals surface area (Å²) in [6.07, 6.45) is 2.94. The van der Waals surface area contributed by atoms with Crippen molar-refractivity contribution in [3.8, 4) is 0 Å². The van der Waals surface area contributed by atoms with Crippen LogP contribution in [0.5, 0.6) is 0 Å². The van der Waals surface area contributed by atoms with Crippen LogP contribution >= 0.6 is 0 Å². The molecular weight excluding hydrogens is 416 g/mol. The summed E-state index contributed by atoms with van der Waals surface area (Å²) < 4.78 is 5.41. The van der Waals surface area contributed by atoms with Gasteiger partial charge in [-0.15, -0.1) is 0 Å². The van der Waals surface area contributed by atoms with E-state index in [1.165, 1.54) is 5.56 Å². The molecule has 1 N–H and O–H groups in total. The fourth-order valence-electron chi connectivity index (χ4n) is 4.51. The summed E-state index contributed by atoms with van der Waals surface area (Å²) in [6.45, 7) is 4.49. The molecule has 0 radical (unpaired) electrons. The minimum absolute atomic E-state index is 0.0925. The van der Waals surface area contributed by atoms with Crippen LogP contribution in [0.4, 0.5) is 16.2 Å². The molecule has 0 bridgehead atoms. The molecule has 0 aliphatic carbocycles. The molecule has 0 unspecified atom stereocenters. The topological polar surface area (TPSA) is 69.0 Å². The molecule has 3 amide bonds. The molecule has 33 heavy (non-hydrogen) atoms. The first-order chi connectivity index (χ1) is 16.2. The number of benzene rings is 2. The van der Waals surface area contributed by atoms with Crippen LogP contribution < -0.4 is 10.2 Å². The Kier molecular flexibility index (Phi) is 6.13.